The predicted molar refractivity (Wildman–Crippen MR) is 80.8 cm³/mol. The molecule has 1 saturated heterocycles. The summed E-state index contributed by atoms with van der Waals surface area (Å²) in [6.07, 6.45) is -1.21. The monoisotopic (exact) mass is 326 g/mol. The Morgan fingerprint density at radius 1 is 1.26 bits per heavy atom. The second kappa shape index (κ2) is 6.15. The average Bonchev–Trinajstić information content (AvgIpc) is 3.20. The zero-order valence-corrected chi connectivity index (χ0v) is 12.9. The molecule has 1 atom stereocenters. The summed E-state index contributed by atoms with van der Waals surface area (Å²) in [5, 5.41) is 6.10. The summed E-state index contributed by atoms with van der Waals surface area (Å²) in [7, 11) is 0. The number of alkyl halides is 3. The van der Waals surface area contributed by atoms with Gasteiger partial charge in [-0.05, 0) is 55.8 Å². The van der Waals surface area contributed by atoms with Gasteiger partial charge in [-0.25, -0.2) is 0 Å². The van der Waals surface area contributed by atoms with Gasteiger partial charge in [0.2, 0.25) is 5.91 Å². The minimum absolute atomic E-state index is 0.00334. The molecule has 2 aliphatic rings. The van der Waals surface area contributed by atoms with Crippen LogP contribution in [0.3, 0.4) is 0 Å². The van der Waals surface area contributed by atoms with Gasteiger partial charge in [-0.2, -0.15) is 13.2 Å². The molecule has 23 heavy (non-hydrogen) atoms. The fourth-order valence-corrected chi connectivity index (χ4v) is 3.65. The van der Waals surface area contributed by atoms with E-state index in [-0.39, 0.29) is 35.8 Å². The largest absolute Gasteiger partial charge is 0.416 e. The molecule has 0 aromatic heterocycles. The van der Waals surface area contributed by atoms with Crippen LogP contribution < -0.4 is 10.6 Å². The third-order valence-corrected chi connectivity index (χ3v) is 5.12. The van der Waals surface area contributed by atoms with Crippen LogP contribution in [0.4, 0.5) is 13.2 Å². The summed E-state index contributed by atoms with van der Waals surface area (Å²) in [6, 6.07) is 5.54. The zero-order valence-electron chi connectivity index (χ0n) is 12.9. The van der Waals surface area contributed by atoms with E-state index in [0.29, 0.717) is 0 Å². The van der Waals surface area contributed by atoms with E-state index in [4.69, 9.17) is 0 Å². The Balaban J connectivity index is 1.52. The van der Waals surface area contributed by atoms with Crippen LogP contribution in [-0.4, -0.2) is 25.5 Å². The van der Waals surface area contributed by atoms with Crippen molar-refractivity contribution < 1.29 is 18.0 Å². The van der Waals surface area contributed by atoms with Gasteiger partial charge < -0.3 is 10.6 Å². The molecule has 2 fully saturated rings. The van der Waals surface area contributed by atoms with E-state index in [1.54, 1.807) is 6.07 Å². The lowest BCUT2D eigenvalue weighted by atomic mass is 9.92. The highest BCUT2D eigenvalue weighted by molar-refractivity contribution is 5.82. The first-order valence-corrected chi connectivity index (χ1v) is 8.06. The predicted octanol–water partition coefficient (Wildman–Crippen LogP) is 2.75. The summed E-state index contributed by atoms with van der Waals surface area (Å²) in [5.74, 6) is 0.0406. The van der Waals surface area contributed by atoms with Gasteiger partial charge in [0.05, 0.1) is 5.56 Å². The fourth-order valence-electron chi connectivity index (χ4n) is 3.65. The van der Waals surface area contributed by atoms with Crippen molar-refractivity contribution in [1.82, 2.24) is 10.6 Å². The fraction of sp³-hybridized carbons (Fsp3) is 0.588. The number of carbonyl (C=O) groups excluding carboxylic acids is 1. The molecule has 1 aromatic rings. The van der Waals surface area contributed by atoms with Crippen molar-refractivity contribution in [3.8, 4) is 0 Å². The summed E-state index contributed by atoms with van der Waals surface area (Å²) >= 11 is 0. The van der Waals surface area contributed by atoms with Crippen LogP contribution >= 0.6 is 0 Å². The van der Waals surface area contributed by atoms with Crippen LogP contribution in [0, 0.1) is 11.3 Å². The number of hydrogen-bond acceptors (Lipinski definition) is 2. The maximum atomic E-state index is 12.9. The van der Waals surface area contributed by atoms with Crippen molar-refractivity contribution in [3.05, 3.63) is 35.4 Å². The number of carbonyl (C=O) groups is 1. The molecule has 0 radical (unpaired) electrons. The lowest BCUT2D eigenvalue weighted by Crippen LogP contribution is -2.34. The van der Waals surface area contributed by atoms with E-state index in [2.05, 4.69) is 10.6 Å². The van der Waals surface area contributed by atoms with Crippen molar-refractivity contribution in [3.63, 3.8) is 0 Å². The molecule has 1 saturated carbocycles. The Hall–Kier alpha value is -1.56. The van der Waals surface area contributed by atoms with Gasteiger partial charge >= 0.3 is 6.18 Å². The Morgan fingerprint density at radius 3 is 2.65 bits per heavy atom. The highest BCUT2D eigenvalue weighted by atomic mass is 19.4. The molecule has 1 amide bonds. The maximum Gasteiger partial charge on any atom is 0.416 e. The van der Waals surface area contributed by atoms with E-state index in [1.165, 1.54) is 12.1 Å². The molecule has 1 aromatic carbocycles. The highest BCUT2D eigenvalue weighted by Crippen LogP contribution is 2.58. The summed E-state index contributed by atoms with van der Waals surface area (Å²) in [5.41, 5.74) is -0.234. The first-order valence-electron chi connectivity index (χ1n) is 8.06. The molecule has 1 aliphatic heterocycles. The van der Waals surface area contributed by atoms with Crippen LogP contribution in [0.25, 0.3) is 0 Å². The Morgan fingerprint density at radius 2 is 1.96 bits per heavy atom. The molecule has 0 bridgehead atoms. The van der Waals surface area contributed by atoms with Crippen molar-refractivity contribution in [2.75, 3.05) is 19.6 Å². The van der Waals surface area contributed by atoms with Gasteiger partial charge in [-0.15, -0.1) is 0 Å². The summed E-state index contributed by atoms with van der Waals surface area (Å²) < 4.78 is 38.8. The summed E-state index contributed by atoms with van der Waals surface area (Å²) in [4.78, 5) is 12.2. The lowest BCUT2D eigenvalue weighted by Gasteiger charge is -2.23. The van der Waals surface area contributed by atoms with Crippen molar-refractivity contribution in [1.29, 1.82) is 0 Å². The number of amides is 1. The first kappa shape index (κ1) is 16.3. The van der Waals surface area contributed by atoms with Crippen LogP contribution in [0.1, 0.15) is 30.4 Å². The van der Waals surface area contributed by atoms with Crippen LogP contribution in [0.15, 0.2) is 24.3 Å². The van der Waals surface area contributed by atoms with Gasteiger partial charge in [-0.3, -0.25) is 4.79 Å². The Kier molecular flexibility index (Phi) is 4.36. The van der Waals surface area contributed by atoms with E-state index in [1.807, 2.05) is 0 Å². The van der Waals surface area contributed by atoms with Gasteiger partial charge in [0.1, 0.15) is 0 Å². The molecular weight excluding hydrogens is 305 g/mol. The van der Waals surface area contributed by atoms with Crippen LogP contribution in [0.5, 0.6) is 0 Å². The van der Waals surface area contributed by atoms with Gasteiger partial charge in [-0.1, -0.05) is 18.2 Å². The first-order chi connectivity index (χ1) is 10.9. The Labute approximate surface area is 133 Å². The smallest absolute Gasteiger partial charge is 0.356 e. The molecule has 126 valence electrons. The molecule has 2 N–H and O–H groups in total. The molecule has 1 aliphatic carbocycles. The number of nitrogens with one attached hydrogen (secondary N) is 2. The second-order valence-electron chi connectivity index (χ2n) is 6.57. The molecule has 1 heterocycles. The third kappa shape index (κ3) is 3.52. The van der Waals surface area contributed by atoms with Crippen LogP contribution in [0.2, 0.25) is 0 Å². The minimum atomic E-state index is -4.35. The number of hydrogen-bond donors (Lipinski definition) is 2. The zero-order chi connectivity index (χ0) is 16.5. The Bertz CT molecular complexity index is 579. The van der Waals surface area contributed by atoms with Crippen molar-refractivity contribution in [2.45, 2.75) is 31.9 Å². The van der Waals surface area contributed by atoms with E-state index >= 15 is 0 Å². The molecule has 6 heteroatoms. The van der Waals surface area contributed by atoms with Crippen molar-refractivity contribution >= 4 is 5.91 Å². The quantitative estimate of drug-likeness (QED) is 0.893. The molecule has 1 spiro atoms. The topological polar surface area (TPSA) is 41.1 Å². The third-order valence-electron chi connectivity index (χ3n) is 5.12. The lowest BCUT2D eigenvalue weighted by molar-refractivity contribution is -0.138. The molecule has 0 unspecified atom stereocenters. The number of halogens is 3. The number of rotatable bonds is 4. The van der Waals surface area contributed by atoms with E-state index in [0.717, 1.165) is 38.4 Å². The minimum Gasteiger partial charge on any atom is -0.356 e. The van der Waals surface area contributed by atoms with Crippen molar-refractivity contribution in [2.24, 2.45) is 11.3 Å². The summed E-state index contributed by atoms with van der Waals surface area (Å²) in [6.45, 7) is 2.14. The SMILES string of the molecule is O=C(NCCc1ccccc1C(F)(F)F)[C@H]1CC12CCNCC2. The standard InChI is InChI=1S/C17H21F3N2O/c18-17(19,20)13-4-2-1-3-12(13)5-8-22-15(23)14-11-16(14)6-9-21-10-7-16/h1-4,14,21H,5-11H2,(H,22,23)/t14-/m1/s1. The van der Waals surface area contributed by atoms with E-state index in [9.17, 15) is 18.0 Å². The maximum absolute atomic E-state index is 12.9. The van der Waals surface area contributed by atoms with E-state index < -0.39 is 11.7 Å². The molecular formula is C17H21F3N2O. The number of piperidine rings is 1. The van der Waals surface area contributed by atoms with Gasteiger partial charge in [0, 0.05) is 12.5 Å². The van der Waals surface area contributed by atoms with Crippen LogP contribution in [-0.2, 0) is 17.4 Å². The average molecular weight is 326 g/mol. The highest BCUT2D eigenvalue weighted by Gasteiger charge is 2.57. The van der Waals surface area contributed by atoms with Gasteiger partial charge in [0.25, 0.3) is 0 Å². The number of benzene rings is 1. The van der Waals surface area contributed by atoms with Gasteiger partial charge in [0.15, 0.2) is 0 Å². The molecule has 3 rings (SSSR count). The second-order valence-corrected chi connectivity index (χ2v) is 6.57. The molecule has 3 nitrogen and oxygen atoms in total. The normalized spacial score (nSPS) is 22.8.